The fourth-order valence-corrected chi connectivity index (χ4v) is 2.27. The van der Waals surface area contributed by atoms with Gasteiger partial charge >= 0.3 is 0 Å². The van der Waals surface area contributed by atoms with E-state index in [2.05, 4.69) is 10.3 Å². The van der Waals surface area contributed by atoms with Crippen molar-refractivity contribution in [1.29, 1.82) is 0 Å². The lowest BCUT2D eigenvalue weighted by atomic mass is 10.2. The molecular weight excluding hydrogens is 265 g/mol. The van der Waals surface area contributed by atoms with Gasteiger partial charge in [0.25, 0.3) is 0 Å². The molecule has 3 nitrogen and oxygen atoms in total. The third-order valence-electron chi connectivity index (χ3n) is 3.45. The van der Waals surface area contributed by atoms with Gasteiger partial charge in [-0.25, -0.2) is 9.37 Å². The summed E-state index contributed by atoms with van der Waals surface area (Å²) in [6.07, 6.45) is 1.82. The monoisotopic (exact) mass is 281 g/mol. The molecule has 0 unspecified atom stereocenters. The Kier molecular flexibility index (Phi) is 3.69. The Labute approximate surface area is 123 Å². The van der Waals surface area contributed by atoms with Crippen molar-refractivity contribution in [1.82, 2.24) is 9.55 Å². The van der Waals surface area contributed by atoms with Gasteiger partial charge < -0.3 is 9.88 Å². The van der Waals surface area contributed by atoms with Crippen LogP contribution in [0.4, 0.5) is 10.3 Å². The maximum Gasteiger partial charge on any atom is 0.203 e. The van der Waals surface area contributed by atoms with E-state index in [9.17, 15) is 4.39 Å². The molecular formula is C17H16FN3. The third-order valence-corrected chi connectivity index (χ3v) is 3.45. The number of imidazole rings is 1. The Balaban J connectivity index is 1.79. The number of halogens is 1. The maximum atomic E-state index is 13.6. The van der Waals surface area contributed by atoms with Crippen LogP contribution >= 0.6 is 0 Å². The molecule has 21 heavy (non-hydrogen) atoms. The molecule has 0 saturated heterocycles. The first-order valence-electron chi connectivity index (χ1n) is 6.80. The average molecular weight is 281 g/mol. The number of aromatic nitrogens is 2. The van der Waals surface area contributed by atoms with Gasteiger partial charge in [0.1, 0.15) is 5.82 Å². The summed E-state index contributed by atoms with van der Waals surface area (Å²) in [6.45, 7) is 0.408. The zero-order valence-corrected chi connectivity index (χ0v) is 11.8. The second-order valence-corrected chi connectivity index (χ2v) is 4.84. The van der Waals surface area contributed by atoms with E-state index in [0.717, 1.165) is 17.2 Å². The smallest absolute Gasteiger partial charge is 0.203 e. The number of rotatable bonds is 4. The van der Waals surface area contributed by atoms with Gasteiger partial charge in [-0.3, -0.25) is 0 Å². The third kappa shape index (κ3) is 2.79. The van der Waals surface area contributed by atoms with E-state index < -0.39 is 0 Å². The predicted molar refractivity (Wildman–Crippen MR) is 82.4 cm³/mol. The summed E-state index contributed by atoms with van der Waals surface area (Å²) >= 11 is 0. The first-order valence-corrected chi connectivity index (χ1v) is 6.80. The first-order chi connectivity index (χ1) is 10.3. The minimum atomic E-state index is -0.206. The highest BCUT2D eigenvalue weighted by molar-refractivity contribution is 5.61. The van der Waals surface area contributed by atoms with Crippen LogP contribution in [-0.2, 0) is 13.6 Å². The van der Waals surface area contributed by atoms with Gasteiger partial charge in [-0.05, 0) is 11.6 Å². The fourth-order valence-electron chi connectivity index (χ4n) is 2.27. The number of hydrogen-bond donors (Lipinski definition) is 1. The molecule has 0 fully saturated rings. The van der Waals surface area contributed by atoms with Gasteiger partial charge in [-0.15, -0.1) is 0 Å². The van der Waals surface area contributed by atoms with Gasteiger partial charge in [0, 0.05) is 19.2 Å². The molecule has 0 amide bonds. The predicted octanol–water partition coefficient (Wildman–Crippen LogP) is 3.84. The van der Waals surface area contributed by atoms with Crippen molar-refractivity contribution in [3.8, 4) is 11.3 Å². The SMILES string of the molecule is Cn1c(-c2ccccc2)cnc1NCc1ccccc1F. The highest BCUT2D eigenvalue weighted by Crippen LogP contribution is 2.21. The fraction of sp³-hybridized carbons (Fsp3) is 0.118. The molecule has 2 aromatic carbocycles. The minimum Gasteiger partial charge on any atom is -0.351 e. The van der Waals surface area contributed by atoms with E-state index in [1.165, 1.54) is 6.07 Å². The Morgan fingerprint density at radius 2 is 1.76 bits per heavy atom. The highest BCUT2D eigenvalue weighted by Gasteiger charge is 2.08. The molecule has 1 heterocycles. The summed E-state index contributed by atoms with van der Waals surface area (Å²) in [5, 5.41) is 3.17. The quantitative estimate of drug-likeness (QED) is 0.787. The first kappa shape index (κ1) is 13.4. The van der Waals surface area contributed by atoms with Crippen molar-refractivity contribution in [3.05, 3.63) is 72.2 Å². The van der Waals surface area contributed by atoms with Crippen molar-refractivity contribution < 1.29 is 4.39 Å². The molecule has 0 spiro atoms. The van der Waals surface area contributed by atoms with Crippen molar-refractivity contribution >= 4 is 5.95 Å². The van der Waals surface area contributed by atoms with Crippen molar-refractivity contribution in [2.24, 2.45) is 7.05 Å². The van der Waals surface area contributed by atoms with Crippen LogP contribution in [0.5, 0.6) is 0 Å². The molecule has 0 radical (unpaired) electrons. The summed E-state index contributed by atoms with van der Waals surface area (Å²) in [7, 11) is 1.94. The summed E-state index contributed by atoms with van der Waals surface area (Å²) in [4.78, 5) is 4.37. The molecule has 3 aromatic rings. The Hall–Kier alpha value is -2.62. The van der Waals surface area contributed by atoms with Gasteiger partial charge in [0.05, 0.1) is 11.9 Å². The summed E-state index contributed by atoms with van der Waals surface area (Å²) in [5.74, 6) is 0.514. The normalized spacial score (nSPS) is 10.6. The van der Waals surface area contributed by atoms with Gasteiger partial charge in [0.2, 0.25) is 5.95 Å². The number of hydrogen-bond acceptors (Lipinski definition) is 2. The Morgan fingerprint density at radius 1 is 1.05 bits per heavy atom. The van der Waals surface area contributed by atoms with E-state index in [1.807, 2.05) is 54.2 Å². The van der Waals surface area contributed by atoms with E-state index in [1.54, 1.807) is 12.1 Å². The zero-order valence-electron chi connectivity index (χ0n) is 11.8. The van der Waals surface area contributed by atoms with Crippen LogP contribution in [0.25, 0.3) is 11.3 Å². The molecule has 4 heteroatoms. The molecule has 0 aliphatic rings. The van der Waals surface area contributed by atoms with Gasteiger partial charge in [0.15, 0.2) is 0 Å². The molecule has 106 valence electrons. The largest absolute Gasteiger partial charge is 0.351 e. The van der Waals surface area contributed by atoms with E-state index in [0.29, 0.717) is 12.1 Å². The van der Waals surface area contributed by atoms with Crippen LogP contribution in [0.3, 0.4) is 0 Å². The molecule has 3 rings (SSSR count). The molecule has 0 saturated carbocycles. The van der Waals surface area contributed by atoms with E-state index in [-0.39, 0.29) is 5.82 Å². The minimum absolute atomic E-state index is 0.206. The molecule has 0 bridgehead atoms. The van der Waals surface area contributed by atoms with Crippen molar-refractivity contribution in [2.75, 3.05) is 5.32 Å². The van der Waals surface area contributed by atoms with Crippen LogP contribution in [0.1, 0.15) is 5.56 Å². The summed E-state index contributed by atoms with van der Waals surface area (Å²) in [5.41, 5.74) is 2.75. The topological polar surface area (TPSA) is 29.9 Å². The lowest BCUT2D eigenvalue weighted by Crippen LogP contribution is -2.06. The van der Waals surface area contributed by atoms with Crippen LogP contribution in [0.15, 0.2) is 60.8 Å². The van der Waals surface area contributed by atoms with Gasteiger partial charge in [-0.1, -0.05) is 48.5 Å². The standard InChI is InChI=1S/C17H16FN3/c1-21-16(13-7-3-2-4-8-13)12-20-17(21)19-11-14-9-5-6-10-15(14)18/h2-10,12H,11H2,1H3,(H,19,20). The van der Waals surface area contributed by atoms with Crippen molar-refractivity contribution in [2.45, 2.75) is 6.54 Å². The van der Waals surface area contributed by atoms with Crippen LogP contribution in [0, 0.1) is 5.82 Å². The van der Waals surface area contributed by atoms with Crippen molar-refractivity contribution in [3.63, 3.8) is 0 Å². The van der Waals surface area contributed by atoms with Crippen LogP contribution < -0.4 is 5.32 Å². The lowest BCUT2D eigenvalue weighted by molar-refractivity contribution is 0.612. The van der Waals surface area contributed by atoms with Crippen LogP contribution in [0.2, 0.25) is 0 Å². The summed E-state index contributed by atoms with van der Waals surface area (Å²) in [6, 6.07) is 16.8. The molecule has 1 N–H and O–H groups in total. The molecule has 0 aliphatic heterocycles. The maximum absolute atomic E-state index is 13.6. The molecule has 0 aliphatic carbocycles. The highest BCUT2D eigenvalue weighted by atomic mass is 19.1. The summed E-state index contributed by atoms with van der Waals surface area (Å²) < 4.78 is 15.6. The van der Waals surface area contributed by atoms with Gasteiger partial charge in [-0.2, -0.15) is 0 Å². The number of nitrogens with one attached hydrogen (secondary N) is 1. The van der Waals surface area contributed by atoms with E-state index >= 15 is 0 Å². The van der Waals surface area contributed by atoms with E-state index in [4.69, 9.17) is 0 Å². The second-order valence-electron chi connectivity index (χ2n) is 4.84. The Morgan fingerprint density at radius 3 is 2.52 bits per heavy atom. The lowest BCUT2D eigenvalue weighted by Gasteiger charge is -2.09. The zero-order chi connectivity index (χ0) is 14.7. The number of nitrogens with zero attached hydrogens (tertiary/aromatic N) is 2. The second kappa shape index (κ2) is 5.79. The number of anilines is 1. The molecule has 1 aromatic heterocycles. The van der Waals surface area contributed by atoms with Crippen LogP contribution in [-0.4, -0.2) is 9.55 Å². The number of benzene rings is 2. The molecule has 0 atom stereocenters. The average Bonchev–Trinajstić information content (AvgIpc) is 2.88. The Bertz CT molecular complexity index is 735.